The summed E-state index contributed by atoms with van der Waals surface area (Å²) in [6.45, 7) is 4.24. The van der Waals surface area contributed by atoms with Crippen LogP contribution in [0.15, 0.2) is 52.1 Å². The van der Waals surface area contributed by atoms with E-state index < -0.39 is 6.10 Å². The van der Waals surface area contributed by atoms with Gasteiger partial charge in [0.15, 0.2) is 17.3 Å². The number of hydrogen-bond acceptors (Lipinski definition) is 7. The van der Waals surface area contributed by atoms with Crippen molar-refractivity contribution >= 4 is 17.5 Å². The largest absolute Gasteiger partial charge is 0.485 e. The first-order chi connectivity index (χ1) is 13.1. The highest BCUT2D eigenvalue weighted by molar-refractivity contribution is 7.99. The predicted octanol–water partition coefficient (Wildman–Crippen LogP) is 4.17. The van der Waals surface area contributed by atoms with Gasteiger partial charge in [-0.25, -0.2) is 0 Å². The summed E-state index contributed by atoms with van der Waals surface area (Å²) in [5.74, 6) is 1.94. The number of aryl methyl sites for hydroxylation is 2. The van der Waals surface area contributed by atoms with E-state index >= 15 is 0 Å². The Hall–Kier alpha value is -2.80. The molecule has 138 valence electrons. The number of carbonyl (C=O) groups excluding carboxylic acids is 1. The van der Waals surface area contributed by atoms with Crippen molar-refractivity contribution in [3.63, 3.8) is 0 Å². The summed E-state index contributed by atoms with van der Waals surface area (Å²) in [6.07, 6.45) is -0.461. The number of Topliss-reactive ketones (excluding diaryl/α,β-unsaturated/α-hetero) is 1. The number of thioether (sulfide) groups is 1. The quantitative estimate of drug-likeness (QED) is 0.484. The molecule has 1 aromatic heterocycles. The Balaban J connectivity index is 1.39. The fourth-order valence-corrected chi connectivity index (χ4v) is 3.53. The van der Waals surface area contributed by atoms with E-state index in [4.69, 9.17) is 13.9 Å². The summed E-state index contributed by atoms with van der Waals surface area (Å²) in [6, 6.07) is 13.2. The maximum Gasteiger partial charge on any atom is 0.277 e. The minimum atomic E-state index is -0.461. The van der Waals surface area contributed by atoms with Gasteiger partial charge in [0.1, 0.15) is 6.61 Å². The summed E-state index contributed by atoms with van der Waals surface area (Å²) in [5, 5.41) is 8.39. The van der Waals surface area contributed by atoms with Crippen molar-refractivity contribution in [3.05, 3.63) is 65.0 Å². The average Bonchev–Trinajstić information content (AvgIpc) is 3.15. The first-order valence-corrected chi connectivity index (χ1v) is 9.54. The lowest BCUT2D eigenvalue weighted by Crippen LogP contribution is -2.21. The first-order valence-electron chi connectivity index (χ1n) is 8.55. The Morgan fingerprint density at radius 2 is 1.96 bits per heavy atom. The number of aromatic nitrogens is 2. The van der Waals surface area contributed by atoms with E-state index in [1.807, 2.05) is 56.3 Å². The van der Waals surface area contributed by atoms with Crippen molar-refractivity contribution in [2.24, 2.45) is 0 Å². The van der Waals surface area contributed by atoms with Gasteiger partial charge in [-0.2, -0.15) is 0 Å². The van der Waals surface area contributed by atoms with Crippen molar-refractivity contribution in [1.29, 1.82) is 0 Å². The molecule has 0 N–H and O–H groups in total. The van der Waals surface area contributed by atoms with Crippen LogP contribution in [0.5, 0.6) is 11.5 Å². The topological polar surface area (TPSA) is 74.5 Å². The second kappa shape index (κ2) is 7.44. The summed E-state index contributed by atoms with van der Waals surface area (Å²) in [4.78, 5) is 12.4. The van der Waals surface area contributed by atoms with Crippen LogP contribution in [0.1, 0.15) is 33.5 Å². The molecule has 3 aromatic rings. The van der Waals surface area contributed by atoms with Gasteiger partial charge in [0.2, 0.25) is 6.10 Å². The molecule has 0 bridgehead atoms. The molecule has 2 aromatic carbocycles. The molecule has 0 radical (unpaired) electrons. The van der Waals surface area contributed by atoms with Crippen LogP contribution in [0.3, 0.4) is 0 Å². The molecule has 1 atom stereocenters. The lowest BCUT2D eigenvalue weighted by molar-refractivity contribution is 0.0686. The highest BCUT2D eigenvalue weighted by atomic mass is 32.2. The van der Waals surface area contributed by atoms with Crippen LogP contribution in [0, 0.1) is 13.8 Å². The van der Waals surface area contributed by atoms with Gasteiger partial charge in [0, 0.05) is 5.56 Å². The molecule has 1 aliphatic heterocycles. The minimum absolute atomic E-state index is 0.0310. The monoisotopic (exact) mass is 382 g/mol. The standard InChI is InChI=1S/C20H18N2O4S/c1-12-7-8-14(13(2)9-12)15(23)11-27-20-22-21-19(26-20)18-10-24-16-5-3-4-6-17(16)25-18/h3-9,18H,10-11H2,1-2H3/t18-/m0/s1. The molecule has 2 heterocycles. The predicted molar refractivity (Wildman–Crippen MR) is 101 cm³/mol. The number of carbonyl (C=O) groups is 1. The van der Waals surface area contributed by atoms with Gasteiger partial charge in [-0.1, -0.05) is 47.7 Å². The van der Waals surface area contributed by atoms with E-state index in [0.29, 0.717) is 34.8 Å². The second-order valence-electron chi connectivity index (χ2n) is 6.30. The van der Waals surface area contributed by atoms with E-state index in [1.165, 1.54) is 11.8 Å². The maximum absolute atomic E-state index is 12.4. The van der Waals surface area contributed by atoms with Gasteiger partial charge in [0.25, 0.3) is 11.1 Å². The Morgan fingerprint density at radius 1 is 1.15 bits per heavy atom. The molecule has 0 spiro atoms. The van der Waals surface area contributed by atoms with Gasteiger partial charge >= 0.3 is 0 Å². The molecular formula is C20H18N2O4S. The van der Waals surface area contributed by atoms with Gasteiger partial charge in [0.05, 0.1) is 5.75 Å². The molecule has 4 rings (SSSR count). The third kappa shape index (κ3) is 3.83. The highest BCUT2D eigenvalue weighted by Crippen LogP contribution is 2.36. The number of benzene rings is 2. The van der Waals surface area contributed by atoms with E-state index in [2.05, 4.69) is 10.2 Å². The first kappa shape index (κ1) is 17.6. The van der Waals surface area contributed by atoms with Crippen LogP contribution >= 0.6 is 11.8 Å². The summed E-state index contributed by atoms with van der Waals surface area (Å²) in [7, 11) is 0. The third-order valence-corrected chi connectivity index (χ3v) is 5.03. The summed E-state index contributed by atoms with van der Waals surface area (Å²) < 4.78 is 17.2. The molecule has 6 nitrogen and oxygen atoms in total. The molecule has 1 aliphatic rings. The lowest BCUT2D eigenvalue weighted by Gasteiger charge is -2.23. The van der Waals surface area contributed by atoms with Crippen molar-refractivity contribution in [2.75, 3.05) is 12.4 Å². The molecule has 0 saturated carbocycles. The number of hydrogen-bond donors (Lipinski definition) is 0. The number of nitrogens with zero attached hydrogens (tertiary/aromatic N) is 2. The Bertz CT molecular complexity index is 986. The number of ketones is 1. The van der Waals surface area contributed by atoms with Crippen LogP contribution in [0.2, 0.25) is 0 Å². The van der Waals surface area contributed by atoms with Crippen LogP contribution in [0.25, 0.3) is 0 Å². The van der Waals surface area contributed by atoms with Crippen molar-refractivity contribution in [1.82, 2.24) is 10.2 Å². The van der Waals surface area contributed by atoms with Crippen LogP contribution < -0.4 is 9.47 Å². The number of ether oxygens (including phenoxy) is 2. The van der Waals surface area contributed by atoms with E-state index in [-0.39, 0.29) is 11.5 Å². The smallest absolute Gasteiger partial charge is 0.277 e. The number of rotatable bonds is 5. The van der Waals surface area contributed by atoms with Gasteiger partial charge in [-0.05, 0) is 31.5 Å². The summed E-state index contributed by atoms with van der Waals surface area (Å²) in [5.41, 5.74) is 2.82. The SMILES string of the molecule is Cc1ccc(C(=O)CSc2nnc([C@@H]3COc4ccccc4O3)o2)c(C)c1. The van der Waals surface area contributed by atoms with Gasteiger partial charge < -0.3 is 13.9 Å². The summed E-state index contributed by atoms with van der Waals surface area (Å²) >= 11 is 1.22. The van der Waals surface area contributed by atoms with Crippen molar-refractivity contribution in [3.8, 4) is 11.5 Å². The minimum Gasteiger partial charge on any atom is -0.485 e. The zero-order chi connectivity index (χ0) is 18.8. The molecule has 0 amide bonds. The Kier molecular flexibility index (Phi) is 4.85. The van der Waals surface area contributed by atoms with Crippen molar-refractivity contribution < 1.29 is 18.7 Å². The van der Waals surface area contributed by atoms with E-state index in [0.717, 1.165) is 11.1 Å². The fraction of sp³-hybridized carbons (Fsp3) is 0.250. The average molecular weight is 382 g/mol. The molecule has 0 unspecified atom stereocenters. The van der Waals surface area contributed by atoms with Crippen LogP contribution in [-0.2, 0) is 0 Å². The number of para-hydroxylation sites is 2. The molecule has 7 heteroatoms. The normalized spacial score (nSPS) is 15.6. The molecule has 27 heavy (non-hydrogen) atoms. The third-order valence-electron chi connectivity index (χ3n) is 4.22. The second-order valence-corrected chi connectivity index (χ2v) is 7.23. The Morgan fingerprint density at radius 3 is 2.78 bits per heavy atom. The fourth-order valence-electron chi connectivity index (χ4n) is 2.88. The molecule has 0 fully saturated rings. The molecular weight excluding hydrogens is 364 g/mol. The molecule has 0 saturated heterocycles. The number of fused-ring (bicyclic) bond motifs is 1. The van der Waals surface area contributed by atoms with Crippen molar-refractivity contribution in [2.45, 2.75) is 25.2 Å². The van der Waals surface area contributed by atoms with Crippen LogP contribution in [-0.4, -0.2) is 28.3 Å². The molecule has 0 aliphatic carbocycles. The zero-order valence-electron chi connectivity index (χ0n) is 15.0. The Labute approximate surface area is 160 Å². The lowest BCUT2D eigenvalue weighted by atomic mass is 10.0. The zero-order valence-corrected chi connectivity index (χ0v) is 15.8. The van der Waals surface area contributed by atoms with Gasteiger partial charge in [-0.15, -0.1) is 10.2 Å². The maximum atomic E-state index is 12.4. The highest BCUT2D eigenvalue weighted by Gasteiger charge is 2.27. The van der Waals surface area contributed by atoms with E-state index in [1.54, 1.807) is 0 Å². The van der Waals surface area contributed by atoms with E-state index in [9.17, 15) is 4.79 Å². The van der Waals surface area contributed by atoms with Gasteiger partial charge in [-0.3, -0.25) is 4.79 Å². The van der Waals surface area contributed by atoms with Crippen LogP contribution in [0.4, 0.5) is 0 Å².